The van der Waals surface area contributed by atoms with Crippen LogP contribution >= 0.6 is 11.3 Å². The molecular weight excluding hydrogens is 242 g/mol. The van der Waals surface area contributed by atoms with Crippen molar-refractivity contribution in [1.82, 2.24) is 0 Å². The van der Waals surface area contributed by atoms with Gasteiger partial charge in [0.2, 0.25) is 0 Å². The molecule has 1 amide bonds. The van der Waals surface area contributed by atoms with E-state index >= 15 is 0 Å². The lowest BCUT2D eigenvalue weighted by Gasteiger charge is -2.04. The molecule has 0 aliphatic heterocycles. The first kappa shape index (κ1) is 13.5. The van der Waals surface area contributed by atoms with Crippen molar-refractivity contribution in [3.8, 4) is 0 Å². The van der Waals surface area contributed by atoms with E-state index in [1.807, 2.05) is 6.92 Å². The molecule has 0 fully saturated rings. The zero-order valence-corrected chi connectivity index (χ0v) is 10.8. The third-order valence-electron chi connectivity index (χ3n) is 2.03. The fraction of sp³-hybridized carbons (Fsp3) is 0.455. The van der Waals surface area contributed by atoms with E-state index < -0.39 is 12.1 Å². The molecule has 0 saturated heterocycles. The topological polar surface area (TPSA) is 64.6 Å². The summed E-state index contributed by atoms with van der Waals surface area (Å²) in [5.41, 5.74) is 0.374. The van der Waals surface area contributed by atoms with E-state index in [-0.39, 0.29) is 0 Å². The third kappa shape index (κ3) is 3.45. The number of rotatable bonds is 4. The van der Waals surface area contributed by atoms with Gasteiger partial charge in [-0.2, -0.15) is 0 Å². The van der Waals surface area contributed by atoms with Gasteiger partial charge in [-0.1, -0.05) is 6.92 Å². The van der Waals surface area contributed by atoms with Gasteiger partial charge in [0.15, 0.2) is 0 Å². The Hall–Kier alpha value is -1.56. The molecule has 1 aromatic heterocycles. The first-order chi connectivity index (χ1) is 8.12. The highest BCUT2D eigenvalue weighted by Crippen LogP contribution is 2.29. The van der Waals surface area contributed by atoms with E-state index in [9.17, 15) is 9.59 Å². The fourth-order valence-corrected chi connectivity index (χ4v) is 2.18. The summed E-state index contributed by atoms with van der Waals surface area (Å²) in [6.07, 6.45) is 0.194. The van der Waals surface area contributed by atoms with Crippen LogP contribution in [0.3, 0.4) is 0 Å². The average molecular weight is 257 g/mol. The normalized spacial score (nSPS) is 9.82. The maximum absolute atomic E-state index is 11.7. The summed E-state index contributed by atoms with van der Waals surface area (Å²) >= 11 is 1.34. The van der Waals surface area contributed by atoms with Crippen LogP contribution in [0.15, 0.2) is 6.07 Å². The summed E-state index contributed by atoms with van der Waals surface area (Å²) < 4.78 is 9.41. The molecule has 0 unspecified atom stereocenters. The van der Waals surface area contributed by atoms with E-state index in [0.29, 0.717) is 17.2 Å². The van der Waals surface area contributed by atoms with Gasteiger partial charge in [-0.15, -0.1) is 11.3 Å². The number of anilines is 1. The van der Waals surface area contributed by atoms with Crippen LogP contribution in [0.1, 0.15) is 29.1 Å². The molecular formula is C11H15NO4S. The number of thiophene rings is 1. The van der Waals surface area contributed by atoms with Crippen molar-refractivity contribution >= 4 is 28.4 Å². The Bertz CT molecular complexity index is 414. The Morgan fingerprint density at radius 1 is 1.41 bits per heavy atom. The lowest BCUT2D eigenvalue weighted by molar-refractivity contribution is 0.0528. The smallest absolute Gasteiger partial charge is 0.411 e. The van der Waals surface area contributed by atoms with Crippen molar-refractivity contribution in [2.75, 3.05) is 19.0 Å². The van der Waals surface area contributed by atoms with Crippen LogP contribution in [-0.4, -0.2) is 25.8 Å². The van der Waals surface area contributed by atoms with Crippen molar-refractivity contribution in [3.63, 3.8) is 0 Å². The number of hydrogen-bond donors (Lipinski definition) is 1. The second kappa shape index (κ2) is 6.24. The van der Waals surface area contributed by atoms with Gasteiger partial charge in [-0.25, -0.2) is 9.59 Å². The summed E-state index contributed by atoms with van der Waals surface area (Å²) in [4.78, 5) is 23.8. The molecule has 0 bridgehead atoms. The number of amides is 1. The van der Waals surface area contributed by atoms with Crippen LogP contribution in [0.25, 0.3) is 0 Å². The molecule has 5 nitrogen and oxygen atoms in total. The second-order valence-corrected chi connectivity index (χ2v) is 4.28. The first-order valence-electron chi connectivity index (χ1n) is 5.27. The lowest BCUT2D eigenvalue weighted by atomic mass is 10.2. The molecule has 0 aromatic carbocycles. The molecule has 0 aliphatic rings. The monoisotopic (exact) mass is 257 g/mol. The molecule has 6 heteroatoms. The molecule has 0 aliphatic carbocycles. The summed E-state index contributed by atoms with van der Waals surface area (Å²) in [5, 5.41) is 2.98. The summed E-state index contributed by atoms with van der Waals surface area (Å²) in [6.45, 7) is 4.01. The van der Waals surface area contributed by atoms with Gasteiger partial charge in [0, 0.05) is 4.88 Å². The van der Waals surface area contributed by atoms with Gasteiger partial charge >= 0.3 is 12.1 Å². The van der Waals surface area contributed by atoms with Crippen molar-refractivity contribution < 1.29 is 19.1 Å². The second-order valence-electron chi connectivity index (χ2n) is 3.15. The number of aryl methyl sites for hydroxylation is 1. The number of methoxy groups -OCH3 is 1. The number of esters is 1. The summed E-state index contributed by atoms with van der Waals surface area (Å²) in [5.74, 6) is -0.435. The lowest BCUT2D eigenvalue weighted by Crippen LogP contribution is -2.13. The maximum Gasteiger partial charge on any atom is 0.411 e. The van der Waals surface area contributed by atoms with Crippen molar-refractivity contribution in [3.05, 3.63) is 16.5 Å². The van der Waals surface area contributed by atoms with E-state index in [0.717, 1.165) is 11.3 Å². The van der Waals surface area contributed by atoms with E-state index in [1.165, 1.54) is 18.4 Å². The molecule has 0 saturated carbocycles. The molecule has 1 heterocycles. The van der Waals surface area contributed by atoms with Crippen LogP contribution in [0, 0.1) is 0 Å². The predicted molar refractivity (Wildman–Crippen MR) is 65.7 cm³/mol. The standard InChI is InChI=1S/C11H15NO4S/c1-4-7-6-8(10(13)16-5-2)9(17-7)12-11(14)15-3/h6H,4-5H2,1-3H3,(H,12,14). The Balaban J connectivity index is 2.96. The maximum atomic E-state index is 11.7. The minimum Gasteiger partial charge on any atom is -0.462 e. The third-order valence-corrected chi connectivity index (χ3v) is 3.22. The van der Waals surface area contributed by atoms with Gasteiger partial charge in [-0.05, 0) is 19.4 Å². The molecule has 0 radical (unpaired) electrons. The average Bonchev–Trinajstić information content (AvgIpc) is 2.72. The van der Waals surface area contributed by atoms with E-state index in [4.69, 9.17) is 4.74 Å². The molecule has 0 atom stereocenters. The minimum absolute atomic E-state index is 0.299. The van der Waals surface area contributed by atoms with Crippen molar-refractivity contribution in [1.29, 1.82) is 0 Å². The number of carbonyl (C=O) groups excluding carboxylic acids is 2. The van der Waals surface area contributed by atoms with Crippen LogP contribution in [0.4, 0.5) is 9.80 Å². The Kier molecular flexibility index (Phi) is 4.96. The van der Waals surface area contributed by atoms with Gasteiger partial charge in [0.05, 0.1) is 19.3 Å². The molecule has 94 valence electrons. The van der Waals surface area contributed by atoms with Gasteiger partial charge in [-0.3, -0.25) is 5.32 Å². The minimum atomic E-state index is -0.597. The van der Waals surface area contributed by atoms with Crippen molar-refractivity contribution in [2.45, 2.75) is 20.3 Å². The highest BCUT2D eigenvalue weighted by Gasteiger charge is 2.18. The highest BCUT2D eigenvalue weighted by atomic mass is 32.1. The van der Waals surface area contributed by atoms with E-state index in [2.05, 4.69) is 10.1 Å². The largest absolute Gasteiger partial charge is 0.462 e. The highest BCUT2D eigenvalue weighted by molar-refractivity contribution is 7.16. The first-order valence-corrected chi connectivity index (χ1v) is 6.08. The van der Waals surface area contributed by atoms with Gasteiger partial charge in [0.25, 0.3) is 0 Å². The number of carbonyl (C=O) groups is 2. The number of nitrogens with one attached hydrogen (secondary N) is 1. The summed E-state index contributed by atoms with van der Waals surface area (Å²) in [6, 6.07) is 1.73. The summed E-state index contributed by atoms with van der Waals surface area (Å²) in [7, 11) is 1.27. The Morgan fingerprint density at radius 2 is 2.12 bits per heavy atom. The molecule has 17 heavy (non-hydrogen) atoms. The zero-order chi connectivity index (χ0) is 12.8. The molecule has 0 spiro atoms. The number of ether oxygens (including phenoxy) is 2. The van der Waals surface area contributed by atoms with Crippen LogP contribution < -0.4 is 5.32 Å². The van der Waals surface area contributed by atoms with Gasteiger partial charge < -0.3 is 9.47 Å². The van der Waals surface area contributed by atoms with E-state index in [1.54, 1.807) is 13.0 Å². The van der Waals surface area contributed by atoms with Crippen LogP contribution in [0.2, 0.25) is 0 Å². The number of hydrogen-bond acceptors (Lipinski definition) is 5. The SMILES string of the molecule is CCOC(=O)c1cc(CC)sc1NC(=O)OC. The quantitative estimate of drug-likeness (QED) is 0.842. The molecule has 1 N–H and O–H groups in total. The predicted octanol–water partition coefficient (Wildman–Crippen LogP) is 2.67. The Labute approximate surface area is 104 Å². The van der Waals surface area contributed by atoms with Crippen LogP contribution in [-0.2, 0) is 15.9 Å². The van der Waals surface area contributed by atoms with Crippen molar-refractivity contribution in [2.24, 2.45) is 0 Å². The zero-order valence-electron chi connectivity index (χ0n) is 10.0. The Morgan fingerprint density at radius 3 is 2.65 bits per heavy atom. The fourth-order valence-electron chi connectivity index (χ4n) is 1.21. The van der Waals surface area contributed by atoms with Crippen LogP contribution in [0.5, 0.6) is 0 Å². The molecule has 1 rings (SSSR count). The van der Waals surface area contributed by atoms with Gasteiger partial charge in [0.1, 0.15) is 5.00 Å². The molecule has 1 aromatic rings.